The van der Waals surface area contributed by atoms with Gasteiger partial charge in [-0.05, 0) is 24.3 Å². The Morgan fingerprint density at radius 3 is 2.78 bits per heavy atom. The Kier molecular flexibility index (Phi) is 3.83. The molecule has 3 rings (SSSR count). The largest absolute Gasteiger partial charge is 0.465 e. The molecule has 0 bridgehead atoms. The topological polar surface area (TPSA) is 78.6 Å². The van der Waals surface area contributed by atoms with Crippen molar-refractivity contribution in [3.8, 4) is 11.6 Å². The number of fused-ring (bicyclic) bond motifs is 1. The average molecular weight is 320 g/mol. The van der Waals surface area contributed by atoms with Crippen LogP contribution in [-0.4, -0.2) is 32.9 Å². The fourth-order valence-electron chi connectivity index (χ4n) is 1.90. The van der Waals surface area contributed by atoms with Gasteiger partial charge < -0.3 is 9.47 Å². The standard InChI is InChI=1S/C14H10F2N4O3/c1-22-14(21)8-3-2-4-9(7-8)23-11-6-5-10-17-18-13(12(15)16)20(10)19-11/h2-7,12H,1H3. The SMILES string of the molecule is COC(=O)c1cccc(Oc2ccc3nnc(C(F)F)n3n2)c1. The van der Waals surface area contributed by atoms with E-state index in [2.05, 4.69) is 20.0 Å². The first-order chi connectivity index (χ1) is 11.1. The molecule has 0 aliphatic heterocycles. The molecule has 2 aromatic heterocycles. The van der Waals surface area contributed by atoms with Crippen molar-refractivity contribution < 1.29 is 23.0 Å². The highest BCUT2D eigenvalue weighted by Gasteiger charge is 2.17. The highest BCUT2D eigenvalue weighted by Crippen LogP contribution is 2.23. The number of carbonyl (C=O) groups excluding carboxylic acids is 1. The predicted molar refractivity (Wildman–Crippen MR) is 73.6 cm³/mol. The quantitative estimate of drug-likeness (QED) is 0.688. The third-order valence-corrected chi connectivity index (χ3v) is 2.94. The normalized spacial score (nSPS) is 11.0. The number of carbonyl (C=O) groups is 1. The van der Waals surface area contributed by atoms with Crippen molar-refractivity contribution >= 4 is 11.6 Å². The average Bonchev–Trinajstić information content (AvgIpc) is 2.97. The molecule has 0 saturated carbocycles. The van der Waals surface area contributed by atoms with E-state index in [1.54, 1.807) is 18.2 Å². The van der Waals surface area contributed by atoms with Gasteiger partial charge in [0.25, 0.3) is 6.43 Å². The molecule has 23 heavy (non-hydrogen) atoms. The number of methoxy groups -OCH3 is 1. The zero-order valence-electron chi connectivity index (χ0n) is 11.8. The van der Waals surface area contributed by atoms with Crippen molar-refractivity contribution in [2.75, 3.05) is 7.11 Å². The molecule has 0 saturated heterocycles. The Hall–Kier alpha value is -3.10. The number of esters is 1. The van der Waals surface area contributed by atoms with E-state index in [0.29, 0.717) is 11.3 Å². The molecule has 7 nitrogen and oxygen atoms in total. The van der Waals surface area contributed by atoms with E-state index in [1.165, 1.54) is 25.3 Å². The fraction of sp³-hybridized carbons (Fsp3) is 0.143. The molecule has 0 spiro atoms. The molecule has 0 atom stereocenters. The van der Waals surface area contributed by atoms with E-state index in [1.807, 2.05) is 0 Å². The summed E-state index contributed by atoms with van der Waals surface area (Å²) in [6.45, 7) is 0. The van der Waals surface area contributed by atoms with Gasteiger partial charge >= 0.3 is 5.97 Å². The van der Waals surface area contributed by atoms with Crippen LogP contribution in [-0.2, 0) is 4.74 Å². The summed E-state index contributed by atoms with van der Waals surface area (Å²) < 4.78 is 36.6. The first-order valence-electron chi connectivity index (χ1n) is 6.45. The van der Waals surface area contributed by atoms with Crippen LogP contribution < -0.4 is 4.74 Å². The van der Waals surface area contributed by atoms with Crippen LogP contribution in [0.1, 0.15) is 22.6 Å². The number of hydrogen-bond acceptors (Lipinski definition) is 6. The number of halogens is 2. The maximum Gasteiger partial charge on any atom is 0.337 e. The molecule has 0 unspecified atom stereocenters. The smallest absolute Gasteiger partial charge is 0.337 e. The minimum atomic E-state index is -2.81. The summed E-state index contributed by atoms with van der Waals surface area (Å²) in [5.74, 6) is -0.723. The second-order valence-electron chi connectivity index (χ2n) is 4.42. The minimum Gasteiger partial charge on any atom is -0.465 e. The van der Waals surface area contributed by atoms with Gasteiger partial charge in [-0.25, -0.2) is 13.6 Å². The first kappa shape index (κ1) is 14.8. The van der Waals surface area contributed by atoms with Crippen LogP contribution in [0.3, 0.4) is 0 Å². The van der Waals surface area contributed by atoms with Gasteiger partial charge in [0.1, 0.15) is 5.75 Å². The highest BCUT2D eigenvalue weighted by atomic mass is 19.3. The van der Waals surface area contributed by atoms with Crippen molar-refractivity contribution in [3.63, 3.8) is 0 Å². The van der Waals surface area contributed by atoms with Crippen LogP contribution in [0.5, 0.6) is 11.6 Å². The molecule has 9 heteroatoms. The highest BCUT2D eigenvalue weighted by molar-refractivity contribution is 5.89. The van der Waals surface area contributed by atoms with Crippen molar-refractivity contribution in [2.45, 2.75) is 6.43 Å². The van der Waals surface area contributed by atoms with Gasteiger partial charge in [-0.3, -0.25) is 0 Å². The fourth-order valence-corrected chi connectivity index (χ4v) is 1.90. The number of hydrogen-bond donors (Lipinski definition) is 0. The minimum absolute atomic E-state index is 0.0567. The molecular formula is C14H10F2N4O3. The van der Waals surface area contributed by atoms with E-state index < -0.39 is 18.2 Å². The summed E-state index contributed by atoms with van der Waals surface area (Å²) in [5.41, 5.74) is 0.472. The summed E-state index contributed by atoms with van der Waals surface area (Å²) in [5, 5.41) is 10.9. The van der Waals surface area contributed by atoms with Crippen LogP contribution >= 0.6 is 0 Å². The Labute approximate surface area is 128 Å². The van der Waals surface area contributed by atoms with Crippen molar-refractivity contribution in [1.29, 1.82) is 0 Å². The summed E-state index contributed by atoms with van der Waals surface area (Å²) in [4.78, 5) is 11.5. The molecule has 118 valence electrons. The second kappa shape index (κ2) is 5.95. The number of rotatable bonds is 4. The van der Waals surface area contributed by atoms with Crippen LogP contribution in [0.25, 0.3) is 5.65 Å². The summed E-state index contributed by atoms with van der Waals surface area (Å²) in [6, 6.07) is 9.12. The molecule has 2 heterocycles. The molecule has 0 aliphatic rings. The third-order valence-electron chi connectivity index (χ3n) is 2.94. The monoisotopic (exact) mass is 320 g/mol. The van der Waals surface area contributed by atoms with Gasteiger partial charge in [-0.2, -0.15) is 4.52 Å². The molecule has 0 fully saturated rings. The van der Waals surface area contributed by atoms with Gasteiger partial charge in [0.15, 0.2) is 5.65 Å². The van der Waals surface area contributed by atoms with Crippen molar-refractivity contribution in [2.24, 2.45) is 0 Å². The molecular weight excluding hydrogens is 310 g/mol. The lowest BCUT2D eigenvalue weighted by atomic mass is 10.2. The summed E-state index contributed by atoms with van der Waals surface area (Å²) in [6.07, 6.45) is -2.81. The van der Waals surface area contributed by atoms with Crippen LogP contribution in [0, 0.1) is 0 Å². The Morgan fingerprint density at radius 2 is 2.04 bits per heavy atom. The third kappa shape index (κ3) is 2.93. The van der Waals surface area contributed by atoms with Crippen LogP contribution in [0.15, 0.2) is 36.4 Å². The Morgan fingerprint density at radius 1 is 1.22 bits per heavy atom. The van der Waals surface area contributed by atoms with Crippen LogP contribution in [0.2, 0.25) is 0 Å². The molecule has 0 N–H and O–H groups in total. The first-order valence-corrected chi connectivity index (χ1v) is 6.45. The molecule has 3 aromatic rings. The zero-order valence-corrected chi connectivity index (χ0v) is 11.8. The molecule has 1 aromatic carbocycles. The number of benzene rings is 1. The van der Waals surface area contributed by atoms with Gasteiger partial charge in [0.2, 0.25) is 11.7 Å². The number of ether oxygens (including phenoxy) is 2. The van der Waals surface area contributed by atoms with Gasteiger partial charge in [-0.1, -0.05) is 6.07 Å². The Balaban J connectivity index is 1.92. The van der Waals surface area contributed by atoms with Gasteiger partial charge in [-0.15, -0.1) is 15.3 Å². The van der Waals surface area contributed by atoms with Crippen LogP contribution in [0.4, 0.5) is 8.78 Å². The summed E-state index contributed by atoms with van der Waals surface area (Å²) in [7, 11) is 1.27. The lowest BCUT2D eigenvalue weighted by molar-refractivity contribution is 0.0600. The lowest BCUT2D eigenvalue weighted by Crippen LogP contribution is -2.02. The molecule has 0 aliphatic carbocycles. The maximum absolute atomic E-state index is 12.8. The predicted octanol–water partition coefficient (Wildman–Crippen LogP) is 2.64. The maximum atomic E-state index is 12.8. The van der Waals surface area contributed by atoms with Gasteiger partial charge in [0, 0.05) is 6.07 Å². The van der Waals surface area contributed by atoms with E-state index >= 15 is 0 Å². The number of alkyl halides is 2. The number of aromatic nitrogens is 4. The Bertz CT molecular complexity index is 866. The van der Waals surface area contributed by atoms with E-state index in [4.69, 9.17) is 4.74 Å². The molecule has 0 radical (unpaired) electrons. The number of nitrogens with zero attached hydrogens (tertiary/aromatic N) is 4. The van der Waals surface area contributed by atoms with E-state index in [9.17, 15) is 13.6 Å². The molecule has 0 amide bonds. The zero-order chi connectivity index (χ0) is 16.4. The van der Waals surface area contributed by atoms with Gasteiger partial charge in [0.05, 0.1) is 12.7 Å². The van der Waals surface area contributed by atoms with Crippen molar-refractivity contribution in [3.05, 3.63) is 47.8 Å². The lowest BCUT2D eigenvalue weighted by Gasteiger charge is -2.06. The van der Waals surface area contributed by atoms with Crippen molar-refractivity contribution in [1.82, 2.24) is 19.8 Å². The second-order valence-corrected chi connectivity index (χ2v) is 4.42. The summed E-state index contributed by atoms with van der Waals surface area (Å²) >= 11 is 0. The van der Waals surface area contributed by atoms with E-state index in [-0.39, 0.29) is 11.5 Å². The van der Waals surface area contributed by atoms with E-state index in [0.717, 1.165) is 4.52 Å².